The third-order valence-corrected chi connectivity index (χ3v) is 8.98. The normalized spacial score (nSPS) is 21.5. The van der Waals surface area contributed by atoms with Gasteiger partial charge in [-0.25, -0.2) is 4.21 Å². The lowest BCUT2D eigenvalue weighted by Crippen LogP contribution is -2.61. The van der Waals surface area contributed by atoms with E-state index < -0.39 is 41.8 Å². The van der Waals surface area contributed by atoms with Gasteiger partial charge < -0.3 is 23.7 Å². The van der Waals surface area contributed by atoms with Crippen LogP contribution < -0.4 is 0 Å². The molecule has 248 valence electrons. The third kappa shape index (κ3) is 9.78. The summed E-state index contributed by atoms with van der Waals surface area (Å²) in [5.74, 6) is 0. The first-order valence-corrected chi connectivity index (χ1v) is 17.2. The average Bonchev–Trinajstić information content (AvgIpc) is 3.15. The fourth-order valence-electron chi connectivity index (χ4n) is 5.50. The van der Waals surface area contributed by atoms with Gasteiger partial charge in [-0.2, -0.15) is 0 Å². The lowest BCUT2D eigenvalue weighted by molar-refractivity contribution is -0.308. The first kappa shape index (κ1) is 33.9. The third-order valence-electron chi connectivity index (χ3n) is 7.96. The molecule has 6 atom stereocenters. The zero-order valence-electron chi connectivity index (χ0n) is 26.6. The topological polar surface area (TPSA) is 72.5 Å². The molecule has 1 saturated heterocycles. The van der Waals surface area contributed by atoms with Crippen molar-refractivity contribution >= 4 is 11.1 Å². The van der Waals surface area contributed by atoms with Crippen LogP contribution in [0.15, 0.2) is 157 Å². The second-order valence-electron chi connectivity index (χ2n) is 11.5. The number of benzene rings is 5. The minimum absolute atomic E-state index is 0.183. The molecule has 0 aliphatic carbocycles. The van der Waals surface area contributed by atoms with E-state index in [9.17, 15) is 4.21 Å². The molecule has 5 aromatic rings. The summed E-state index contributed by atoms with van der Waals surface area (Å²) in [6.07, 6.45) is -3.78. The maximum atomic E-state index is 13.6. The van der Waals surface area contributed by atoms with Gasteiger partial charge in [0.15, 0.2) is 11.1 Å². The molecule has 5 aromatic carbocycles. The summed E-state index contributed by atoms with van der Waals surface area (Å²) in [5.41, 5.74) is 4.01. The fourth-order valence-corrected chi connectivity index (χ4v) is 6.32. The quantitative estimate of drug-likeness (QED) is 0.109. The highest BCUT2D eigenvalue weighted by Gasteiger charge is 2.50. The van der Waals surface area contributed by atoms with Crippen molar-refractivity contribution in [3.05, 3.63) is 174 Å². The van der Waals surface area contributed by atoms with Gasteiger partial charge in [0.25, 0.3) is 0 Å². The van der Waals surface area contributed by atoms with Crippen molar-refractivity contribution < 1.29 is 32.1 Å². The summed E-state index contributed by atoms with van der Waals surface area (Å²) in [7, 11) is 0. The molecular formula is C40H40O7S. The molecule has 0 saturated carbocycles. The van der Waals surface area contributed by atoms with E-state index in [0.29, 0.717) is 24.7 Å². The molecule has 1 fully saturated rings. The van der Waals surface area contributed by atoms with Crippen molar-refractivity contribution in [1.82, 2.24) is 0 Å². The molecule has 0 spiro atoms. The molecule has 0 N–H and O–H groups in total. The van der Waals surface area contributed by atoms with E-state index in [1.165, 1.54) is 0 Å². The molecule has 0 amide bonds. The van der Waals surface area contributed by atoms with Crippen LogP contribution in [-0.4, -0.2) is 41.5 Å². The molecule has 7 nitrogen and oxygen atoms in total. The summed E-state index contributed by atoms with van der Waals surface area (Å²) < 4.78 is 52.6. The Labute approximate surface area is 285 Å². The molecule has 6 rings (SSSR count). The van der Waals surface area contributed by atoms with E-state index in [2.05, 4.69) is 0 Å². The smallest absolute Gasteiger partial charge is 0.202 e. The molecular weight excluding hydrogens is 625 g/mol. The number of rotatable bonds is 16. The largest absolute Gasteiger partial charge is 0.374 e. The van der Waals surface area contributed by atoms with Crippen molar-refractivity contribution in [2.24, 2.45) is 0 Å². The second kappa shape index (κ2) is 18.0. The predicted molar refractivity (Wildman–Crippen MR) is 184 cm³/mol. The van der Waals surface area contributed by atoms with Crippen LogP contribution in [0, 0.1) is 0 Å². The molecule has 48 heavy (non-hydrogen) atoms. The molecule has 1 unspecified atom stereocenters. The summed E-state index contributed by atoms with van der Waals surface area (Å²) in [5, 5.41) is 0. The maximum Gasteiger partial charge on any atom is 0.202 e. The zero-order chi connectivity index (χ0) is 32.8. The summed E-state index contributed by atoms with van der Waals surface area (Å²) in [6.45, 7) is 1.45. The molecule has 1 aliphatic heterocycles. The van der Waals surface area contributed by atoms with Gasteiger partial charge in [-0.1, -0.05) is 140 Å². The van der Waals surface area contributed by atoms with Crippen LogP contribution >= 0.6 is 0 Å². The van der Waals surface area contributed by atoms with Gasteiger partial charge in [0.05, 0.1) is 37.9 Å². The van der Waals surface area contributed by atoms with E-state index in [1.807, 2.05) is 140 Å². The van der Waals surface area contributed by atoms with Gasteiger partial charge in [-0.15, -0.1) is 0 Å². The highest BCUT2D eigenvalue weighted by atomic mass is 32.2. The molecule has 0 radical (unpaired) electrons. The van der Waals surface area contributed by atoms with Crippen molar-refractivity contribution in [3.8, 4) is 0 Å². The maximum absolute atomic E-state index is 13.6. The molecule has 0 aromatic heterocycles. The molecule has 1 heterocycles. The Morgan fingerprint density at radius 3 is 1.35 bits per heavy atom. The van der Waals surface area contributed by atoms with Gasteiger partial charge in [0.1, 0.15) is 24.4 Å². The Hall–Kier alpha value is -3.99. The van der Waals surface area contributed by atoms with Crippen molar-refractivity contribution in [1.29, 1.82) is 0 Å². The highest BCUT2D eigenvalue weighted by Crippen LogP contribution is 2.32. The Bertz CT molecular complexity index is 1640. The van der Waals surface area contributed by atoms with Gasteiger partial charge in [-0.3, -0.25) is 4.18 Å². The standard InChI is InChI=1S/C40H40O7S/c41-48(35-24-14-5-15-25-35)47-40-39(45-29-34-22-12-4-13-23-34)38(44-28-33-20-10-3-11-21-33)37(43-27-32-18-8-2-9-19-32)36(46-40)30-42-26-31-16-6-1-7-17-31/h1-25,36-40H,26-30H2/t36-,37-,38+,39+,40-,48?/m1/s1. The number of hydrogen-bond donors (Lipinski definition) is 0. The summed E-state index contributed by atoms with van der Waals surface area (Å²) >= 11 is -1.84. The van der Waals surface area contributed by atoms with Gasteiger partial charge in [0, 0.05) is 0 Å². The van der Waals surface area contributed by atoms with Crippen LogP contribution in [0.1, 0.15) is 22.3 Å². The van der Waals surface area contributed by atoms with E-state index in [0.717, 1.165) is 22.3 Å². The van der Waals surface area contributed by atoms with Crippen LogP contribution in [0.25, 0.3) is 0 Å². The molecule has 0 bridgehead atoms. The van der Waals surface area contributed by atoms with Crippen LogP contribution in [0.2, 0.25) is 0 Å². The average molecular weight is 665 g/mol. The Morgan fingerprint density at radius 1 is 0.479 bits per heavy atom. The predicted octanol–water partition coefficient (Wildman–Crippen LogP) is 7.42. The van der Waals surface area contributed by atoms with Gasteiger partial charge in [-0.05, 0) is 34.4 Å². The highest BCUT2D eigenvalue weighted by molar-refractivity contribution is 7.80. The first-order valence-electron chi connectivity index (χ1n) is 16.1. The van der Waals surface area contributed by atoms with Crippen LogP contribution in [0.5, 0.6) is 0 Å². The van der Waals surface area contributed by atoms with E-state index in [1.54, 1.807) is 12.1 Å². The summed E-state index contributed by atoms with van der Waals surface area (Å²) in [4.78, 5) is 0.518. The van der Waals surface area contributed by atoms with Crippen LogP contribution in [0.4, 0.5) is 0 Å². The second-order valence-corrected chi connectivity index (χ2v) is 12.6. The van der Waals surface area contributed by atoms with Gasteiger partial charge >= 0.3 is 0 Å². The Kier molecular flexibility index (Phi) is 12.7. The van der Waals surface area contributed by atoms with Gasteiger partial charge in [0.2, 0.25) is 6.29 Å². The fraction of sp³-hybridized carbons (Fsp3) is 0.250. The Balaban J connectivity index is 1.32. The minimum atomic E-state index is -1.84. The molecule has 1 aliphatic rings. The van der Waals surface area contributed by atoms with Crippen molar-refractivity contribution in [3.63, 3.8) is 0 Å². The molecule has 8 heteroatoms. The minimum Gasteiger partial charge on any atom is -0.374 e. The van der Waals surface area contributed by atoms with Crippen LogP contribution in [-0.2, 0) is 65.4 Å². The lowest BCUT2D eigenvalue weighted by atomic mass is 9.98. The zero-order valence-corrected chi connectivity index (χ0v) is 27.4. The number of ether oxygens (including phenoxy) is 5. The van der Waals surface area contributed by atoms with E-state index >= 15 is 0 Å². The monoisotopic (exact) mass is 664 g/mol. The first-order chi connectivity index (χ1) is 23.7. The Morgan fingerprint density at radius 2 is 0.875 bits per heavy atom. The number of hydrogen-bond acceptors (Lipinski definition) is 7. The van der Waals surface area contributed by atoms with E-state index in [-0.39, 0.29) is 13.2 Å². The lowest BCUT2D eigenvalue weighted by Gasteiger charge is -2.45. The van der Waals surface area contributed by atoms with Crippen molar-refractivity contribution in [2.45, 2.75) is 62.0 Å². The van der Waals surface area contributed by atoms with E-state index in [4.69, 9.17) is 27.9 Å². The SMILES string of the molecule is O=S(O[C@H]1O[C@H](COCc2ccccc2)[C@@H](OCc2ccccc2)[C@H](OCc2ccccc2)[C@@H]1OCc1ccccc1)c1ccccc1. The van der Waals surface area contributed by atoms with Crippen LogP contribution in [0.3, 0.4) is 0 Å². The summed E-state index contributed by atoms with van der Waals surface area (Å²) in [6, 6.07) is 48.8. The van der Waals surface area contributed by atoms with Crippen molar-refractivity contribution in [2.75, 3.05) is 6.61 Å².